The van der Waals surface area contributed by atoms with E-state index in [0.29, 0.717) is 17.9 Å². The number of benzene rings is 2. The molecule has 176 valence electrons. The molecule has 2 unspecified atom stereocenters. The summed E-state index contributed by atoms with van der Waals surface area (Å²) in [6, 6.07) is 22.6. The number of nitrogens with zero attached hydrogens (tertiary/aromatic N) is 4. The first-order valence-electron chi connectivity index (χ1n) is 11.5. The third-order valence-electron chi connectivity index (χ3n) is 5.99. The van der Waals surface area contributed by atoms with Gasteiger partial charge >= 0.3 is 0 Å². The number of rotatable bonds is 8. The minimum atomic E-state index is -0.544. The minimum absolute atomic E-state index is 0.154. The van der Waals surface area contributed by atoms with Crippen molar-refractivity contribution < 1.29 is 4.79 Å². The molecule has 0 aliphatic rings. The zero-order valence-corrected chi connectivity index (χ0v) is 20.1. The Morgan fingerprint density at radius 1 is 1.06 bits per heavy atom. The van der Waals surface area contributed by atoms with Crippen LogP contribution in [0, 0.1) is 18.3 Å². The number of hydrogen-bond donors (Lipinski definition) is 2. The Hall–Kier alpha value is -4.28. The van der Waals surface area contributed by atoms with Crippen molar-refractivity contribution in [3.05, 3.63) is 102 Å². The Labute approximate surface area is 205 Å². The van der Waals surface area contributed by atoms with Gasteiger partial charge in [0.2, 0.25) is 5.91 Å². The van der Waals surface area contributed by atoms with Crippen molar-refractivity contribution >= 4 is 11.7 Å². The standard InChI is InChI=1S/C28H28N6O/c1-19(22-11-9-21(15-29)10-12-22)16-30-27(23-7-5-4-6-8-23)28(35)33-26-14-13-25(20(2)32-26)24-17-31-34(3)18-24/h4-14,17-19,27,30H,16H2,1-3H3,(H,32,33,35). The minimum Gasteiger partial charge on any atom is -0.309 e. The third-order valence-corrected chi connectivity index (χ3v) is 5.99. The molecule has 7 nitrogen and oxygen atoms in total. The smallest absolute Gasteiger partial charge is 0.247 e. The number of hydrogen-bond acceptors (Lipinski definition) is 5. The van der Waals surface area contributed by atoms with Crippen LogP contribution in [0.3, 0.4) is 0 Å². The Balaban J connectivity index is 1.49. The zero-order chi connectivity index (χ0) is 24.8. The zero-order valence-electron chi connectivity index (χ0n) is 20.1. The van der Waals surface area contributed by atoms with Crippen LogP contribution in [0.5, 0.6) is 0 Å². The first kappa shape index (κ1) is 23.9. The van der Waals surface area contributed by atoms with E-state index >= 15 is 0 Å². The molecule has 35 heavy (non-hydrogen) atoms. The van der Waals surface area contributed by atoms with E-state index in [-0.39, 0.29) is 11.8 Å². The van der Waals surface area contributed by atoms with E-state index in [1.807, 2.05) is 86.9 Å². The second-order valence-electron chi connectivity index (χ2n) is 8.61. The van der Waals surface area contributed by atoms with E-state index < -0.39 is 6.04 Å². The number of carbonyl (C=O) groups excluding carboxylic acids is 1. The molecule has 7 heteroatoms. The highest BCUT2D eigenvalue weighted by Gasteiger charge is 2.22. The normalized spacial score (nSPS) is 12.5. The van der Waals surface area contributed by atoms with Crippen LogP contribution in [0.2, 0.25) is 0 Å². The monoisotopic (exact) mass is 464 g/mol. The summed E-state index contributed by atoms with van der Waals surface area (Å²) in [5.74, 6) is 0.480. The summed E-state index contributed by atoms with van der Waals surface area (Å²) in [4.78, 5) is 18.0. The highest BCUT2D eigenvalue weighted by molar-refractivity contribution is 5.95. The number of nitriles is 1. The summed E-state index contributed by atoms with van der Waals surface area (Å²) in [5, 5.41) is 19.6. The maximum Gasteiger partial charge on any atom is 0.247 e. The molecule has 1 amide bonds. The molecule has 2 atom stereocenters. The quantitative estimate of drug-likeness (QED) is 0.393. The molecule has 0 bridgehead atoms. The van der Waals surface area contributed by atoms with Gasteiger partial charge in [0, 0.05) is 36.6 Å². The topological polar surface area (TPSA) is 95.6 Å². The molecule has 0 fully saturated rings. The molecule has 0 radical (unpaired) electrons. The lowest BCUT2D eigenvalue weighted by atomic mass is 9.98. The van der Waals surface area contributed by atoms with E-state index in [1.54, 1.807) is 10.9 Å². The van der Waals surface area contributed by atoms with Crippen molar-refractivity contribution in [3.8, 4) is 17.2 Å². The van der Waals surface area contributed by atoms with Crippen LogP contribution in [-0.4, -0.2) is 27.2 Å². The van der Waals surface area contributed by atoms with Gasteiger partial charge in [-0.2, -0.15) is 10.4 Å². The maximum atomic E-state index is 13.4. The largest absolute Gasteiger partial charge is 0.309 e. The molecule has 4 aromatic rings. The van der Waals surface area contributed by atoms with Gasteiger partial charge in [-0.05, 0) is 48.2 Å². The number of carbonyl (C=O) groups is 1. The van der Waals surface area contributed by atoms with Gasteiger partial charge in [-0.3, -0.25) is 9.48 Å². The number of aromatic nitrogens is 3. The second-order valence-corrected chi connectivity index (χ2v) is 8.61. The molecule has 0 aliphatic heterocycles. The molecule has 2 heterocycles. The van der Waals surface area contributed by atoms with Gasteiger partial charge in [0.25, 0.3) is 0 Å². The fraction of sp³-hybridized carbons (Fsp3) is 0.214. The van der Waals surface area contributed by atoms with Crippen LogP contribution in [0.1, 0.15) is 41.3 Å². The van der Waals surface area contributed by atoms with Crippen molar-refractivity contribution in [1.82, 2.24) is 20.1 Å². The summed E-state index contributed by atoms with van der Waals surface area (Å²) in [5.41, 5.74) is 5.39. The van der Waals surface area contributed by atoms with Crippen LogP contribution in [0.4, 0.5) is 5.82 Å². The lowest BCUT2D eigenvalue weighted by Gasteiger charge is -2.21. The average molecular weight is 465 g/mol. The molecule has 2 aromatic heterocycles. The lowest BCUT2D eigenvalue weighted by Crippen LogP contribution is -2.35. The Bertz CT molecular complexity index is 1340. The molecule has 2 aromatic carbocycles. The first-order chi connectivity index (χ1) is 16.9. The molecular formula is C28H28N6O. The van der Waals surface area contributed by atoms with Crippen molar-refractivity contribution in [2.24, 2.45) is 7.05 Å². The number of amides is 1. The van der Waals surface area contributed by atoms with Crippen LogP contribution in [-0.2, 0) is 11.8 Å². The lowest BCUT2D eigenvalue weighted by molar-refractivity contribution is -0.118. The van der Waals surface area contributed by atoms with Gasteiger partial charge in [-0.1, -0.05) is 49.4 Å². The maximum absolute atomic E-state index is 13.4. The van der Waals surface area contributed by atoms with Crippen molar-refractivity contribution in [1.29, 1.82) is 5.26 Å². The molecule has 0 aliphatic carbocycles. The van der Waals surface area contributed by atoms with Gasteiger partial charge in [-0.25, -0.2) is 4.98 Å². The molecule has 0 spiro atoms. The molecule has 0 saturated heterocycles. The second kappa shape index (κ2) is 10.8. The Morgan fingerprint density at radius 3 is 2.43 bits per heavy atom. The predicted octanol–water partition coefficient (Wildman–Crippen LogP) is 4.74. The number of pyridine rings is 1. The van der Waals surface area contributed by atoms with Gasteiger partial charge in [-0.15, -0.1) is 0 Å². The summed E-state index contributed by atoms with van der Waals surface area (Å²) in [6.45, 7) is 4.60. The molecular weight excluding hydrogens is 436 g/mol. The summed E-state index contributed by atoms with van der Waals surface area (Å²) >= 11 is 0. The number of anilines is 1. The fourth-order valence-corrected chi connectivity index (χ4v) is 4.00. The van der Waals surface area contributed by atoms with E-state index in [0.717, 1.165) is 27.9 Å². The van der Waals surface area contributed by atoms with Gasteiger partial charge in [0.1, 0.15) is 11.9 Å². The van der Waals surface area contributed by atoms with Gasteiger partial charge < -0.3 is 10.6 Å². The van der Waals surface area contributed by atoms with Crippen LogP contribution in [0.15, 0.2) is 79.1 Å². The number of aryl methyl sites for hydroxylation is 2. The van der Waals surface area contributed by atoms with Crippen LogP contribution >= 0.6 is 0 Å². The molecule has 4 rings (SSSR count). The fourth-order valence-electron chi connectivity index (χ4n) is 4.00. The number of nitrogens with one attached hydrogen (secondary N) is 2. The van der Waals surface area contributed by atoms with Crippen molar-refractivity contribution in [2.45, 2.75) is 25.8 Å². The Kier molecular flexibility index (Phi) is 7.34. The van der Waals surface area contributed by atoms with E-state index in [9.17, 15) is 4.79 Å². The van der Waals surface area contributed by atoms with Gasteiger partial charge in [0.15, 0.2) is 0 Å². The highest BCUT2D eigenvalue weighted by Crippen LogP contribution is 2.24. The predicted molar refractivity (Wildman–Crippen MR) is 137 cm³/mol. The first-order valence-corrected chi connectivity index (χ1v) is 11.5. The molecule has 0 saturated carbocycles. The summed E-state index contributed by atoms with van der Waals surface area (Å²) in [7, 11) is 1.87. The summed E-state index contributed by atoms with van der Waals surface area (Å²) < 4.78 is 1.75. The van der Waals surface area contributed by atoms with Gasteiger partial charge in [0.05, 0.1) is 17.8 Å². The molecule has 2 N–H and O–H groups in total. The van der Waals surface area contributed by atoms with E-state index in [2.05, 4.69) is 33.7 Å². The SMILES string of the molecule is Cc1nc(NC(=O)C(NCC(C)c2ccc(C#N)cc2)c2ccccc2)ccc1-c1cnn(C)c1. The Morgan fingerprint density at radius 2 is 1.80 bits per heavy atom. The third kappa shape index (κ3) is 5.81. The van der Waals surface area contributed by atoms with Crippen LogP contribution in [0.25, 0.3) is 11.1 Å². The van der Waals surface area contributed by atoms with Crippen molar-refractivity contribution in [2.75, 3.05) is 11.9 Å². The van der Waals surface area contributed by atoms with Crippen molar-refractivity contribution in [3.63, 3.8) is 0 Å². The summed E-state index contributed by atoms with van der Waals surface area (Å²) in [6.07, 6.45) is 3.74. The van der Waals surface area contributed by atoms with E-state index in [1.165, 1.54) is 0 Å². The average Bonchev–Trinajstić information content (AvgIpc) is 3.30. The van der Waals surface area contributed by atoms with Crippen LogP contribution < -0.4 is 10.6 Å². The highest BCUT2D eigenvalue weighted by atomic mass is 16.2. The van der Waals surface area contributed by atoms with E-state index in [4.69, 9.17) is 5.26 Å².